The number of benzene rings is 3. The van der Waals surface area contributed by atoms with Gasteiger partial charge in [0, 0.05) is 55.8 Å². The maximum absolute atomic E-state index is 15.5. The quantitative estimate of drug-likeness (QED) is 0.0421. The summed E-state index contributed by atoms with van der Waals surface area (Å²) in [6.07, 6.45) is 9.67. The number of amides is 1. The highest BCUT2D eigenvalue weighted by Gasteiger charge is 2.66. The highest BCUT2D eigenvalue weighted by Crippen LogP contribution is 2.62. The summed E-state index contributed by atoms with van der Waals surface area (Å²) in [5.41, 5.74) is 3.49. The Hall–Kier alpha value is -5.12. The number of carbonyl (C=O) groups is 1. The minimum Gasteiger partial charge on any atom is -0.460 e. The van der Waals surface area contributed by atoms with Crippen LogP contribution in [0.15, 0.2) is 119 Å². The molecule has 1 amide bonds. The molecule has 2 aliphatic carbocycles. The average Bonchev–Trinajstić information content (AvgIpc) is 3.29. The number of para-hydroxylation sites is 1. The number of pyridine rings is 1. The Morgan fingerprint density at radius 2 is 1.79 bits per heavy atom. The number of unbranched alkanes of at least 4 members (excludes halogenated alkanes) is 2. The van der Waals surface area contributed by atoms with Crippen LogP contribution in [0.1, 0.15) is 82.3 Å². The monoisotopic (exact) mass is 880 g/mol. The summed E-state index contributed by atoms with van der Waals surface area (Å²) in [4.78, 5) is 23.6. The minimum atomic E-state index is -4.32. The SMILES string of the molecule is C=CCOC12Oc3ccc(OC(=O)NCC)cc3C3C(CCCCO)C(CCCCO)C=C(C(=NOCc4ccccc4)CC1N(CCC)S(=O)(=O)c1cccc4cccnc14)C32. The highest BCUT2D eigenvalue weighted by molar-refractivity contribution is 7.89. The van der Waals surface area contributed by atoms with Gasteiger partial charge in [0.2, 0.25) is 15.8 Å². The molecule has 1 fully saturated rings. The third-order valence-corrected chi connectivity index (χ3v) is 14.3. The molecule has 0 bridgehead atoms. The molecular weight excluding hydrogens is 821 g/mol. The lowest BCUT2D eigenvalue weighted by molar-refractivity contribution is -0.251. The molecule has 13 nitrogen and oxygen atoms in total. The van der Waals surface area contributed by atoms with Crippen molar-refractivity contribution in [2.24, 2.45) is 22.9 Å². The number of fused-ring (bicyclic) bond motifs is 3. The number of sulfonamides is 1. The molecule has 3 aliphatic rings. The number of oxime groups is 1. The zero-order valence-electron chi connectivity index (χ0n) is 36.2. The number of hydrogen-bond acceptors (Lipinski definition) is 11. The fraction of sp³-hybridized carbons (Fsp3) is 0.449. The Bertz CT molecular complexity index is 2370. The van der Waals surface area contributed by atoms with Crippen molar-refractivity contribution in [3.63, 3.8) is 0 Å². The van der Waals surface area contributed by atoms with Crippen LogP contribution in [-0.4, -0.2) is 84.5 Å². The third kappa shape index (κ3) is 9.70. The molecule has 0 radical (unpaired) electrons. The maximum Gasteiger partial charge on any atom is 0.412 e. The van der Waals surface area contributed by atoms with E-state index in [1.165, 1.54) is 4.31 Å². The zero-order chi connectivity index (χ0) is 44.4. The summed E-state index contributed by atoms with van der Waals surface area (Å²) in [6.45, 7) is 8.63. The van der Waals surface area contributed by atoms with Crippen molar-refractivity contribution in [1.29, 1.82) is 0 Å². The van der Waals surface area contributed by atoms with E-state index in [2.05, 4.69) is 23.0 Å². The molecule has 3 N–H and O–H groups in total. The van der Waals surface area contributed by atoms with E-state index in [0.717, 1.165) is 36.0 Å². The summed E-state index contributed by atoms with van der Waals surface area (Å²) in [5.74, 6) is -1.91. The average molecular weight is 881 g/mol. The van der Waals surface area contributed by atoms with Crippen LogP contribution in [0.3, 0.4) is 0 Å². The first-order chi connectivity index (χ1) is 30.7. The van der Waals surface area contributed by atoms with Crippen molar-refractivity contribution >= 4 is 32.7 Å². The predicted octanol–water partition coefficient (Wildman–Crippen LogP) is 8.28. The first-order valence-electron chi connectivity index (χ1n) is 22.3. The topological polar surface area (TPSA) is 169 Å². The van der Waals surface area contributed by atoms with Crippen LogP contribution < -0.4 is 14.8 Å². The van der Waals surface area contributed by atoms with Crippen molar-refractivity contribution in [2.45, 2.75) is 94.5 Å². The molecule has 7 rings (SSSR count). The van der Waals surface area contributed by atoms with Crippen LogP contribution >= 0.6 is 0 Å². The van der Waals surface area contributed by atoms with Gasteiger partial charge in [-0.3, -0.25) is 4.98 Å². The lowest BCUT2D eigenvalue weighted by Crippen LogP contribution is -2.70. The minimum absolute atomic E-state index is 0.0179. The van der Waals surface area contributed by atoms with Gasteiger partial charge < -0.3 is 34.6 Å². The van der Waals surface area contributed by atoms with Crippen LogP contribution in [0, 0.1) is 17.8 Å². The van der Waals surface area contributed by atoms with Crippen LogP contribution in [0.4, 0.5) is 4.79 Å². The van der Waals surface area contributed by atoms with Crippen LogP contribution in [0.25, 0.3) is 10.9 Å². The Balaban J connectivity index is 1.49. The van der Waals surface area contributed by atoms with Gasteiger partial charge in [-0.1, -0.05) is 85.6 Å². The van der Waals surface area contributed by atoms with E-state index in [4.69, 9.17) is 24.2 Å². The lowest BCUT2D eigenvalue weighted by Gasteiger charge is -2.59. The van der Waals surface area contributed by atoms with Crippen molar-refractivity contribution in [2.75, 3.05) is 32.9 Å². The number of hydrogen-bond donors (Lipinski definition) is 3. The second kappa shape index (κ2) is 21.0. The largest absolute Gasteiger partial charge is 0.460 e. The van der Waals surface area contributed by atoms with Gasteiger partial charge >= 0.3 is 6.09 Å². The number of aliphatic hydroxyl groups excluding tert-OH is 2. The molecule has 4 aromatic rings. The molecule has 336 valence electrons. The predicted molar refractivity (Wildman–Crippen MR) is 242 cm³/mol. The standard InChI is InChI=1S/C49H60N4O9S/c1-4-26-53(63(57,58)43-22-14-19-35-20-15-25-51-47(35)43)44-32-41(52-60-33-34-16-8-7-9-17-34)39-30-36(18-10-12-27-54)38(21-11-13-28-55)45-40-31-37(61-48(56)50-6-3)23-24-42(40)62-49(44,46(39)45)59-29-5-2/h5,7-9,14-17,19-20,22-25,30-31,36,38,44-46,54-55H,2,4,6,10-13,18,21,26-29,32-33H2,1,3H3,(H,50,56). The molecule has 1 aromatic heterocycles. The number of allylic oxidation sites excluding steroid dienone is 1. The Morgan fingerprint density at radius 1 is 1.02 bits per heavy atom. The van der Waals surface area contributed by atoms with Crippen molar-refractivity contribution < 1.29 is 42.5 Å². The lowest BCUT2D eigenvalue weighted by atomic mass is 9.55. The molecular formula is C49H60N4O9S. The number of nitrogens with zero attached hydrogens (tertiary/aromatic N) is 3. The zero-order valence-corrected chi connectivity index (χ0v) is 37.0. The normalized spacial score (nSPS) is 23.3. The van der Waals surface area contributed by atoms with E-state index in [0.29, 0.717) is 60.3 Å². The maximum atomic E-state index is 15.5. The highest BCUT2D eigenvalue weighted by atomic mass is 32.2. The molecule has 6 atom stereocenters. The van der Waals surface area contributed by atoms with Gasteiger partial charge in [0.15, 0.2) is 0 Å². The van der Waals surface area contributed by atoms with Crippen molar-refractivity contribution in [3.8, 4) is 11.5 Å². The summed E-state index contributed by atoms with van der Waals surface area (Å²) in [6, 6.07) is 22.9. The molecule has 0 spiro atoms. The third-order valence-electron chi connectivity index (χ3n) is 12.4. The van der Waals surface area contributed by atoms with Crippen molar-refractivity contribution in [3.05, 3.63) is 120 Å². The number of rotatable bonds is 21. The van der Waals surface area contributed by atoms with Gasteiger partial charge in [0.05, 0.1) is 29.8 Å². The van der Waals surface area contributed by atoms with Crippen LogP contribution in [-0.2, 0) is 26.2 Å². The molecule has 0 saturated heterocycles. The van der Waals surface area contributed by atoms with E-state index >= 15 is 8.42 Å². The summed E-state index contributed by atoms with van der Waals surface area (Å²) in [7, 11) is -4.32. The smallest absolute Gasteiger partial charge is 0.412 e. The Morgan fingerprint density at radius 3 is 2.54 bits per heavy atom. The van der Waals surface area contributed by atoms with Gasteiger partial charge in [-0.05, 0) is 92.3 Å². The van der Waals surface area contributed by atoms with Crippen LogP contribution in [0.5, 0.6) is 11.5 Å². The summed E-state index contributed by atoms with van der Waals surface area (Å²) < 4.78 is 52.7. The number of aliphatic hydroxyl groups is 2. The molecule has 14 heteroatoms. The first-order valence-corrected chi connectivity index (χ1v) is 23.7. The molecule has 6 unspecified atom stereocenters. The fourth-order valence-electron chi connectivity index (χ4n) is 9.81. The first kappa shape index (κ1) is 45.9. The Labute approximate surface area is 370 Å². The fourth-order valence-corrected chi connectivity index (χ4v) is 11.7. The van der Waals surface area contributed by atoms with E-state index in [1.807, 2.05) is 62.4 Å². The number of nitrogens with one attached hydrogen (secondary N) is 1. The molecule has 1 aliphatic heterocycles. The molecule has 3 aromatic carbocycles. The number of aromatic nitrogens is 1. The van der Waals surface area contributed by atoms with Crippen molar-refractivity contribution in [1.82, 2.24) is 14.6 Å². The van der Waals surface area contributed by atoms with Gasteiger partial charge in [0.1, 0.15) is 23.0 Å². The molecule has 63 heavy (non-hydrogen) atoms. The van der Waals surface area contributed by atoms with E-state index in [9.17, 15) is 15.0 Å². The molecule has 2 heterocycles. The van der Waals surface area contributed by atoms with Gasteiger partial charge in [-0.2, -0.15) is 4.31 Å². The summed E-state index contributed by atoms with van der Waals surface area (Å²) >= 11 is 0. The second-order valence-corrected chi connectivity index (χ2v) is 18.3. The van der Waals surface area contributed by atoms with Gasteiger partial charge in [0.25, 0.3) is 0 Å². The number of ether oxygens (including phenoxy) is 3. The second-order valence-electron chi connectivity index (χ2n) is 16.4. The van der Waals surface area contributed by atoms with Crippen LogP contribution in [0.2, 0.25) is 0 Å². The van der Waals surface area contributed by atoms with E-state index in [-0.39, 0.29) is 62.0 Å². The van der Waals surface area contributed by atoms with E-state index in [1.54, 1.807) is 42.6 Å². The Kier molecular flexibility index (Phi) is 15.3. The van der Waals surface area contributed by atoms with E-state index < -0.39 is 33.9 Å². The molecule has 1 saturated carbocycles. The number of carbonyl (C=O) groups excluding carboxylic acids is 1. The van der Waals surface area contributed by atoms with Gasteiger partial charge in [-0.25, -0.2) is 13.2 Å². The van der Waals surface area contributed by atoms with Gasteiger partial charge in [-0.15, -0.1) is 6.58 Å². The summed E-state index contributed by atoms with van der Waals surface area (Å²) in [5, 5.41) is 28.2.